The molecule has 0 unspecified atom stereocenters. The van der Waals surface area contributed by atoms with Gasteiger partial charge in [0.1, 0.15) is 10.8 Å². The number of aromatic nitrogens is 1. The molecule has 0 aliphatic rings. The Morgan fingerprint density at radius 2 is 1.76 bits per heavy atom. The third-order valence-electron chi connectivity index (χ3n) is 3.26. The van der Waals surface area contributed by atoms with E-state index in [1.807, 2.05) is 6.92 Å². The summed E-state index contributed by atoms with van der Waals surface area (Å²) < 4.78 is 14.3. The molecule has 21 heavy (non-hydrogen) atoms. The summed E-state index contributed by atoms with van der Waals surface area (Å²) in [5, 5.41) is 1.01. The summed E-state index contributed by atoms with van der Waals surface area (Å²) >= 11 is 4.00. The highest BCUT2D eigenvalue weighted by atomic mass is 127. The highest BCUT2D eigenvalue weighted by molar-refractivity contribution is 14.1. The summed E-state index contributed by atoms with van der Waals surface area (Å²) in [6, 6.07) is 13.0. The van der Waals surface area contributed by atoms with Crippen molar-refractivity contribution >= 4 is 33.9 Å². The lowest BCUT2D eigenvalue weighted by Crippen LogP contribution is -1.83. The average molecular weight is 409 g/mol. The zero-order chi connectivity index (χ0) is 15.0. The molecule has 1 aromatic heterocycles. The Hall–Kier alpha value is -1.27. The molecule has 0 saturated carbocycles. The fourth-order valence-corrected chi connectivity index (χ4v) is 4.39. The van der Waals surface area contributed by atoms with E-state index in [1.54, 1.807) is 23.5 Å². The maximum atomic E-state index is 13.1. The van der Waals surface area contributed by atoms with Gasteiger partial charge in [0.25, 0.3) is 0 Å². The van der Waals surface area contributed by atoms with Crippen LogP contribution in [-0.2, 0) is 0 Å². The predicted molar refractivity (Wildman–Crippen MR) is 95.1 cm³/mol. The lowest BCUT2D eigenvalue weighted by molar-refractivity contribution is 0.628. The molecular weight excluding hydrogens is 396 g/mol. The van der Waals surface area contributed by atoms with Crippen LogP contribution in [-0.4, -0.2) is 4.98 Å². The van der Waals surface area contributed by atoms with Gasteiger partial charge < -0.3 is 0 Å². The monoisotopic (exact) mass is 409 g/mol. The van der Waals surface area contributed by atoms with E-state index in [9.17, 15) is 4.39 Å². The molecule has 0 spiro atoms. The van der Waals surface area contributed by atoms with Gasteiger partial charge in [-0.1, -0.05) is 29.8 Å². The van der Waals surface area contributed by atoms with E-state index < -0.39 is 0 Å². The van der Waals surface area contributed by atoms with Crippen LogP contribution < -0.4 is 0 Å². The van der Waals surface area contributed by atoms with E-state index in [-0.39, 0.29) is 5.82 Å². The summed E-state index contributed by atoms with van der Waals surface area (Å²) in [5.41, 5.74) is 4.40. The molecule has 0 atom stereocenters. The Kier molecular flexibility index (Phi) is 4.08. The lowest BCUT2D eigenvalue weighted by atomic mass is 10.1. The third-order valence-corrected chi connectivity index (χ3v) is 5.39. The van der Waals surface area contributed by atoms with E-state index in [0.717, 1.165) is 26.7 Å². The highest BCUT2D eigenvalue weighted by Gasteiger charge is 2.13. The first-order valence-corrected chi connectivity index (χ1v) is 8.44. The van der Waals surface area contributed by atoms with E-state index in [1.165, 1.54) is 21.3 Å². The van der Waals surface area contributed by atoms with Crippen molar-refractivity contribution < 1.29 is 4.39 Å². The SMILES string of the molecule is Cc1ccc(-c2nc(C)c(-c3ccc(F)cc3)s2)c(I)c1. The first-order valence-electron chi connectivity index (χ1n) is 6.54. The summed E-state index contributed by atoms with van der Waals surface area (Å²) in [6.07, 6.45) is 0. The number of thiazole rings is 1. The first-order chi connectivity index (χ1) is 10.0. The Morgan fingerprint density at radius 1 is 1.05 bits per heavy atom. The van der Waals surface area contributed by atoms with Crippen LogP contribution in [0.1, 0.15) is 11.3 Å². The number of rotatable bonds is 2. The molecule has 1 heterocycles. The van der Waals surface area contributed by atoms with Gasteiger partial charge in [-0.2, -0.15) is 0 Å². The van der Waals surface area contributed by atoms with Crippen molar-refractivity contribution in [2.24, 2.45) is 0 Å². The molecule has 0 aliphatic heterocycles. The maximum Gasteiger partial charge on any atom is 0.125 e. The minimum absolute atomic E-state index is 0.214. The molecule has 3 aromatic rings. The van der Waals surface area contributed by atoms with E-state index >= 15 is 0 Å². The van der Waals surface area contributed by atoms with Gasteiger partial charge >= 0.3 is 0 Å². The minimum Gasteiger partial charge on any atom is -0.241 e. The zero-order valence-electron chi connectivity index (χ0n) is 11.7. The number of nitrogens with zero attached hydrogens (tertiary/aromatic N) is 1. The standard InChI is InChI=1S/C17H13FINS/c1-10-3-8-14(15(19)9-10)17-20-11(2)16(21-17)12-4-6-13(18)7-5-12/h3-9H,1-2H3. The van der Waals surface area contributed by atoms with Crippen LogP contribution in [0.3, 0.4) is 0 Å². The minimum atomic E-state index is -0.214. The number of benzene rings is 2. The van der Waals surface area contributed by atoms with Gasteiger partial charge in [0.2, 0.25) is 0 Å². The molecule has 0 amide bonds. The van der Waals surface area contributed by atoms with E-state index in [2.05, 4.69) is 47.7 Å². The van der Waals surface area contributed by atoms with Gasteiger partial charge in [-0.05, 0) is 60.2 Å². The van der Waals surface area contributed by atoms with Gasteiger partial charge in [-0.3, -0.25) is 0 Å². The summed E-state index contributed by atoms with van der Waals surface area (Å²) in [6.45, 7) is 4.09. The fraction of sp³-hybridized carbons (Fsp3) is 0.118. The number of aryl methyl sites for hydroxylation is 2. The van der Waals surface area contributed by atoms with Gasteiger partial charge in [0.15, 0.2) is 0 Å². The van der Waals surface area contributed by atoms with Crippen molar-refractivity contribution in [3.63, 3.8) is 0 Å². The third kappa shape index (κ3) is 3.01. The second-order valence-corrected chi connectivity index (χ2v) is 7.09. The Morgan fingerprint density at radius 3 is 2.43 bits per heavy atom. The second-order valence-electron chi connectivity index (χ2n) is 4.92. The molecule has 0 N–H and O–H groups in total. The van der Waals surface area contributed by atoms with Crippen LogP contribution >= 0.6 is 33.9 Å². The van der Waals surface area contributed by atoms with Crippen molar-refractivity contribution in [2.75, 3.05) is 0 Å². The number of hydrogen-bond acceptors (Lipinski definition) is 2. The van der Waals surface area contributed by atoms with Gasteiger partial charge in [-0.15, -0.1) is 11.3 Å². The van der Waals surface area contributed by atoms with Crippen LogP contribution in [0.4, 0.5) is 4.39 Å². The van der Waals surface area contributed by atoms with Gasteiger partial charge in [0, 0.05) is 9.13 Å². The van der Waals surface area contributed by atoms with Gasteiger partial charge in [0.05, 0.1) is 10.6 Å². The van der Waals surface area contributed by atoms with Crippen LogP contribution in [0, 0.1) is 23.2 Å². The molecule has 3 rings (SSSR count). The molecule has 2 aromatic carbocycles. The van der Waals surface area contributed by atoms with Crippen LogP contribution in [0.2, 0.25) is 0 Å². The molecule has 0 fully saturated rings. The number of hydrogen-bond donors (Lipinski definition) is 0. The molecule has 0 aliphatic carbocycles. The zero-order valence-corrected chi connectivity index (χ0v) is 14.6. The van der Waals surface area contributed by atoms with E-state index in [0.29, 0.717) is 0 Å². The highest BCUT2D eigenvalue weighted by Crippen LogP contribution is 2.37. The summed E-state index contributed by atoms with van der Waals surface area (Å²) in [4.78, 5) is 5.79. The molecule has 106 valence electrons. The van der Waals surface area contributed by atoms with Crippen LogP contribution in [0.15, 0.2) is 42.5 Å². The summed E-state index contributed by atoms with van der Waals surface area (Å²) in [7, 11) is 0. The van der Waals surface area contributed by atoms with Crippen LogP contribution in [0.5, 0.6) is 0 Å². The van der Waals surface area contributed by atoms with Crippen molar-refractivity contribution in [1.82, 2.24) is 4.98 Å². The second kappa shape index (κ2) is 5.85. The largest absolute Gasteiger partial charge is 0.241 e. The van der Waals surface area contributed by atoms with Crippen molar-refractivity contribution in [3.8, 4) is 21.0 Å². The smallest absolute Gasteiger partial charge is 0.125 e. The molecule has 1 nitrogen and oxygen atoms in total. The molecule has 0 bridgehead atoms. The maximum absolute atomic E-state index is 13.1. The Labute approximate surface area is 141 Å². The van der Waals surface area contributed by atoms with Crippen LogP contribution in [0.25, 0.3) is 21.0 Å². The average Bonchev–Trinajstić information content (AvgIpc) is 2.81. The molecule has 0 saturated heterocycles. The van der Waals surface area contributed by atoms with Crippen molar-refractivity contribution in [3.05, 3.63) is 63.1 Å². The first kappa shape index (κ1) is 14.7. The molecule has 0 radical (unpaired) electrons. The van der Waals surface area contributed by atoms with Crippen molar-refractivity contribution in [1.29, 1.82) is 0 Å². The fourth-order valence-electron chi connectivity index (χ4n) is 2.17. The Bertz CT molecular complexity index is 793. The normalized spacial score (nSPS) is 10.9. The number of halogens is 2. The van der Waals surface area contributed by atoms with E-state index in [4.69, 9.17) is 4.98 Å². The predicted octanol–water partition coefficient (Wildman–Crippen LogP) is 5.84. The molecular formula is C17H13FINS. The topological polar surface area (TPSA) is 12.9 Å². The molecule has 4 heteroatoms. The quantitative estimate of drug-likeness (QED) is 0.485. The van der Waals surface area contributed by atoms with Gasteiger partial charge in [-0.25, -0.2) is 9.37 Å². The Balaban J connectivity index is 2.07. The summed E-state index contributed by atoms with van der Waals surface area (Å²) in [5.74, 6) is -0.214. The van der Waals surface area contributed by atoms with Crippen molar-refractivity contribution in [2.45, 2.75) is 13.8 Å². The lowest BCUT2D eigenvalue weighted by Gasteiger charge is -2.01.